The van der Waals surface area contributed by atoms with Crippen molar-refractivity contribution in [2.75, 3.05) is 11.4 Å². The highest BCUT2D eigenvalue weighted by molar-refractivity contribution is 5.68. The molecule has 0 atom stereocenters. The van der Waals surface area contributed by atoms with E-state index in [1.54, 1.807) is 0 Å². The van der Waals surface area contributed by atoms with Gasteiger partial charge in [-0.3, -0.25) is 4.79 Å². The van der Waals surface area contributed by atoms with E-state index in [1.165, 1.54) is 48.9 Å². The van der Waals surface area contributed by atoms with Crippen molar-refractivity contribution in [3.63, 3.8) is 0 Å². The van der Waals surface area contributed by atoms with Gasteiger partial charge in [0.1, 0.15) is 0 Å². The molecule has 1 fully saturated rings. The summed E-state index contributed by atoms with van der Waals surface area (Å²) in [6.45, 7) is 1.12. The third-order valence-corrected chi connectivity index (χ3v) is 4.78. The first-order chi connectivity index (χ1) is 9.75. The van der Waals surface area contributed by atoms with Crippen LogP contribution in [0, 0.1) is 0 Å². The maximum absolute atomic E-state index is 10.8. The van der Waals surface area contributed by atoms with Crippen molar-refractivity contribution < 1.29 is 9.90 Å². The van der Waals surface area contributed by atoms with Crippen molar-refractivity contribution in [3.8, 4) is 0 Å². The summed E-state index contributed by atoms with van der Waals surface area (Å²) in [6, 6.07) is 7.13. The number of rotatable bonds is 4. The van der Waals surface area contributed by atoms with Crippen LogP contribution in [0.4, 0.5) is 5.69 Å². The van der Waals surface area contributed by atoms with Gasteiger partial charge in [-0.1, -0.05) is 31.4 Å². The summed E-state index contributed by atoms with van der Waals surface area (Å²) >= 11 is 0. The molecule has 1 heterocycles. The van der Waals surface area contributed by atoms with E-state index in [1.807, 2.05) is 0 Å². The van der Waals surface area contributed by atoms with E-state index in [0.717, 1.165) is 13.0 Å². The molecule has 3 heteroatoms. The maximum Gasteiger partial charge on any atom is 0.303 e. The Balaban J connectivity index is 1.79. The lowest BCUT2D eigenvalue weighted by atomic mass is 9.94. The van der Waals surface area contributed by atoms with E-state index < -0.39 is 5.97 Å². The minimum absolute atomic E-state index is 0.236. The van der Waals surface area contributed by atoms with Crippen molar-refractivity contribution >= 4 is 11.7 Å². The van der Waals surface area contributed by atoms with Crippen LogP contribution < -0.4 is 4.90 Å². The monoisotopic (exact) mass is 273 g/mol. The fourth-order valence-electron chi connectivity index (χ4n) is 3.78. The molecule has 1 N–H and O–H groups in total. The van der Waals surface area contributed by atoms with Crippen LogP contribution in [0.15, 0.2) is 18.2 Å². The third kappa shape index (κ3) is 2.67. The van der Waals surface area contributed by atoms with Gasteiger partial charge in [-0.15, -0.1) is 0 Å². The Morgan fingerprint density at radius 1 is 1.25 bits per heavy atom. The summed E-state index contributed by atoms with van der Waals surface area (Å²) in [5, 5.41) is 8.87. The molecule has 108 valence electrons. The Bertz CT molecular complexity index is 492. The van der Waals surface area contributed by atoms with Gasteiger partial charge in [0.15, 0.2) is 0 Å². The Kier molecular flexibility index (Phi) is 3.95. The Labute approximate surface area is 120 Å². The number of aryl methyl sites for hydroxylation is 1. The van der Waals surface area contributed by atoms with Crippen molar-refractivity contribution in [3.05, 3.63) is 29.3 Å². The smallest absolute Gasteiger partial charge is 0.303 e. The van der Waals surface area contributed by atoms with E-state index in [2.05, 4.69) is 23.1 Å². The summed E-state index contributed by atoms with van der Waals surface area (Å²) in [5.41, 5.74) is 4.02. The summed E-state index contributed by atoms with van der Waals surface area (Å²) in [6.07, 6.45) is 8.72. The molecule has 0 amide bonds. The summed E-state index contributed by atoms with van der Waals surface area (Å²) in [4.78, 5) is 13.4. The Morgan fingerprint density at radius 2 is 2.05 bits per heavy atom. The fourth-order valence-corrected chi connectivity index (χ4v) is 3.78. The van der Waals surface area contributed by atoms with Gasteiger partial charge in [-0.2, -0.15) is 0 Å². The SMILES string of the molecule is O=C(O)CCc1cccc2c1CCN2C1CCCCC1. The Hall–Kier alpha value is -1.51. The van der Waals surface area contributed by atoms with Crippen LogP contribution in [0.5, 0.6) is 0 Å². The predicted octanol–water partition coefficient (Wildman–Crippen LogP) is 3.40. The van der Waals surface area contributed by atoms with Gasteiger partial charge in [0, 0.05) is 24.7 Å². The molecule has 0 spiro atoms. The van der Waals surface area contributed by atoms with Crippen molar-refractivity contribution in [2.45, 2.75) is 57.4 Å². The van der Waals surface area contributed by atoms with Crippen molar-refractivity contribution in [1.82, 2.24) is 0 Å². The van der Waals surface area contributed by atoms with Crippen LogP contribution in [0.1, 0.15) is 49.7 Å². The molecule has 1 aliphatic heterocycles. The number of hydrogen-bond acceptors (Lipinski definition) is 2. The van der Waals surface area contributed by atoms with Gasteiger partial charge in [0.05, 0.1) is 0 Å². The number of nitrogens with zero attached hydrogens (tertiary/aromatic N) is 1. The first kappa shape index (κ1) is 13.5. The zero-order valence-electron chi connectivity index (χ0n) is 12.0. The van der Waals surface area contributed by atoms with Crippen LogP contribution in [0.25, 0.3) is 0 Å². The van der Waals surface area contributed by atoms with Crippen LogP contribution >= 0.6 is 0 Å². The molecular weight excluding hydrogens is 250 g/mol. The molecule has 3 nitrogen and oxygen atoms in total. The lowest BCUT2D eigenvalue weighted by molar-refractivity contribution is -0.136. The molecule has 0 aromatic heterocycles. The zero-order valence-corrected chi connectivity index (χ0v) is 12.0. The number of fused-ring (bicyclic) bond motifs is 1. The van der Waals surface area contributed by atoms with E-state index in [-0.39, 0.29) is 6.42 Å². The number of aliphatic carboxylic acids is 1. The standard InChI is InChI=1S/C17H23NO2/c19-17(20)10-9-13-5-4-8-16-15(13)11-12-18(16)14-6-2-1-3-7-14/h4-5,8,14H,1-3,6-7,9-12H2,(H,19,20). The minimum atomic E-state index is -0.704. The molecule has 1 saturated carbocycles. The Morgan fingerprint density at radius 3 is 2.80 bits per heavy atom. The lowest BCUT2D eigenvalue weighted by Gasteiger charge is -2.33. The quantitative estimate of drug-likeness (QED) is 0.914. The molecule has 0 saturated heterocycles. The molecule has 2 aliphatic rings. The molecule has 0 unspecified atom stereocenters. The number of anilines is 1. The van der Waals surface area contributed by atoms with Gasteiger partial charge in [0.25, 0.3) is 0 Å². The number of benzene rings is 1. The van der Waals surface area contributed by atoms with Gasteiger partial charge in [-0.25, -0.2) is 0 Å². The van der Waals surface area contributed by atoms with Gasteiger partial charge < -0.3 is 10.0 Å². The zero-order chi connectivity index (χ0) is 13.9. The maximum atomic E-state index is 10.8. The van der Waals surface area contributed by atoms with E-state index in [0.29, 0.717) is 12.5 Å². The van der Waals surface area contributed by atoms with Crippen LogP contribution in [-0.2, 0) is 17.6 Å². The minimum Gasteiger partial charge on any atom is -0.481 e. The van der Waals surface area contributed by atoms with Crippen LogP contribution in [-0.4, -0.2) is 23.7 Å². The van der Waals surface area contributed by atoms with Gasteiger partial charge in [-0.05, 0) is 42.9 Å². The number of hydrogen-bond donors (Lipinski definition) is 1. The van der Waals surface area contributed by atoms with Crippen LogP contribution in [0.3, 0.4) is 0 Å². The molecule has 20 heavy (non-hydrogen) atoms. The second kappa shape index (κ2) is 5.86. The first-order valence-corrected chi connectivity index (χ1v) is 7.85. The second-order valence-corrected chi connectivity index (χ2v) is 6.04. The van der Waals surface area contributed by atoms with E-state index in [9.17, 15) is 4.79 Å². The van der Waals surface area contributed by atoms with E-state index in [4.69, 9.17) is 5.11 Å². The average Bonchev–Trinajstić information content (AvgIpc) is 2.90. The van der Waals surface area contributed by atoms with Crippen molar-refractivity contribution in [1.29, 1.82) is 0 Å². The van der Waals surface area contributed by atoms with Crippen LogP contribution in [0.2, 0.25) is 0 Å². The highest BCUT2D eigenvalue weighted by Crippen LogP contribution is 2.36. The highest BCUT2D eigenvalue weighted by atomic mass is 16.4. The number of carboxylic acid groups (broad SMARTS) is 1. The van der Waals surface area contributed by atoms with E-state index >= 15 is 0 Å². The molecular formula is C17H23NO2. The largest absolute Gasteiger partial charge is 0.481 e. The number of carboxylic acids is 1. The molecule has 1 aliphatic carbocycles. The molecule has 1 aromatic rings. The fraction of sp³-hybridized carbons (Fsp3) is 0.588. The molecule has 3 rings (SSSR count). The lowest BCUT2D eigenvalue weighted by Crippen LogP contribution is -2.35. The number of carbonyl (C=O) groups is 1. The summed E-state index contributed by atoms with van der Waals surface area (Å²) in [7, 11) is 0. The molecule has 0 radical (unpaired) electrons. The second-order valence-electron chi connectivity index (χ2n) is 6.04. The van der Waals surface area contributed by atoms with Crippen molar-refractivity contribution in [2.24, 2.45) is 0 Å². The normalized spacial score (nSPS) is 19.1. The first-order valence-electron chi connectivity index (χ1n) is 7.85. The topological polar surface area (TPSA) is 40.5 Å². The predicted molar refractivity (Wildman–Crippen MR) is 80.3 cm³/mol. The average molecular weight is 273 g/mol. The van der Waals surface area contributed by atoms with Gasteiger partial charge >= 0.3 is 5.97 Å². The molecule has 0 bridgehead atoms. The third-order valence-electron chi connectivity index (χ3n) is 4.78. The molecule has 1 aromatic carbocycles. The summed E-state index contributed by atoms with van der Waals surface area (Å²) in [5.74, 6) is -0.704. The van der Waals surface area contributed by atoms with Gasteiger partial charge in [0.2, 0.25) is 0 Å². The summed E-state index contributed by atoms with van der Waals surface area (Å²) < 4.78 is 0. The highest BCUT2D eigenvalue weighted by Gasteiger charge is 2.28.